The minimum atomic E-state index is 0.311. The zero-order chi connectivity index (χ0) is 6.81. The lowest BCUT2D eigenvalue weighted by atomic mass is 10.0. The van der Waals surface area contributed by atoms with Gasteiger partial charge in [-0.05, 0) is 18.1 Å². The zero-order valence-electron chi connectivity index (χ0n) is 5.70. The van der Waals surface area contributed by atoms with E-state index in [-0.39, 0.29) is 0 Å². The first-order chi connectivity index (χ1) is 4.97. The van der Waals surface area contributed by atoms with Crippen LogP contribution in [0.15, 0.2) is 28.9 Å². The third kappa shape index (κ3) is 0.907. The lowest BCUT2D eigenvalue weighted by Crippen LogP contribution is -2.28. The molecule has 0 saturated heterocycles. The van der Waals surface area contributed by atoms with Crippen molar-refractivity contribution in [3.8, 4) is 0 Å². The summed E-state index contributed by atoms with van der Waals surface area (Å²) >= 11 is 0. The summed E-state index contributed by atoms with van der Waals surface area (Å²) < 4.78 is 0. The fourth-order valence-corrected chi connectivity index (χ4v) is 1.23. The summed E-state index contributed by atoms with van der Waals surface area (Å²) in [4.78, 5) is 4.03. The summed E-state index contributed by atoms with van der Waals surface area (Å²) in [6.45, 7) is 0.965. The van der Waals surface area contributed by atoms with Crippen LogP contribution in [0.5, 0.6) is 0 Å². The first-order valence-electron chi connectivity index (χ1n) is 3.53. The van der Waals surface area contributed by atoms with Crippen LogP contribution < -0.4 is 5.32 Å². The normalized spacial score (nSPS) is 29.6. The molecule has 0 aliphatic carbocycles. The van der Waals surface area contributed by atoms with Crippen LogP contribution >= 0.6 is 0 Å². The summed E-state index contributed by atoms with van der Waals surface area (Å²) in [7, 11) is 0. The van der Waals surface area contributed by atoms with Crippen LogP contribution in [0.3, 0.4) is 0 Å². The molecule has 0 aromatic rings. The first-order valence-corrected chi connectivity index (χ1v) is 3.53. The minimum Gasteiger partial charge on any atom is -0.265 e. The molecule has 0 fully saturated rings. The number of hydrogen-bond donors (Lipinski definition) is 0. The number of aliphatic imine (C=N–C) groups is 1. The molecule has 0 spiro atoms. The summed E-state index contributed by atoms with van der Waals surface area (Å²) in [5.41, 5.74) is 1.26. The Hall–Kier alpha value is -0.890. The maximum Gasteiger partial charge on any atom is 0.0706 e. The van der Waals surface area contributed by atoms with Crippen molar-refractivity contribution in [1.29, 1.82) is 0 Å². The minimum absolute atomic E-state index is 0.311. The summed E-state index contributed by atoms with van der Waals surface area (Å²) in [5.74, 6) is 0. The molecule has 0 aromatic carbocycles. The second-order valence-electron chi connectivity index (χ2n) is 2.46. The highest BCUT2D eigenvalue weighted by Crippen LogP contribution is 2.12. The average Bonchev–Trinajstić information content (AvgIpc) is 2.05. The van der Waals surface area contributed by atoms with Gasteiger partial charge in [0.25, 0.3) is 0 Å². The molecule has 10 heavy (non-hydrogen) atoms. The predicted octanol–water partition coefficient (Wildman–Crippen LogP) is 0.888. The van der Waals surface area contributed by atoms with Crippen LogP contribution in [-0.2, 0) is 0 Å². The molecule has 1 radical (unpaired) electrons. The van der Waals surface area contributed by atoms with Crippen LogP contribution in [0.2, 0.25) is 0 Å². The molecule has 1 atom stereocenters. The van der Waals surface area contributed by atoms with Crippen LogP contribution in [0.1, 0.15) is 6.42 Å². The van der Waals surface area contributed by atoms with E-state index in [1.165, 1.54) is 5.57 Å². The third-order valence-electron chi connectivity index (χ3n) is 1.75. The standard InChI is InChI=1S/C8H9N2/c1-2-7-6-9-5-3-8(7)10-4-1/h2-3,5-6,8H,1,4H2. The van der Waals surface area contributed by atoms with Crippen LogP contribution in [0, 0.1) is 0 Å². The van der Waals surface area contributed by atoms with Crippen LogP contribution in [0.4, 0.5) is 0 Å². The molecule has 51 valence electrons. The highest BCUT2D eigenvalue weighted by molar-refractivity contribution is 5.82. The Morgan fingerprint density at radius 3 is 3.40 bits per heavy atom. The molecule has 2 heterocycles. The smallest absolute Gasteiger partial charge is 0.0706 e. The van der Waals surface area contributed by atoms with Crippen molar-refractivity contribution in [2.24, 2.45) is 4.99 Å². The lowest BCUT2D eigenvalue weighted by Gasteiger charge is -2.19. The molecule has 0 N–H and O–H groups in total. The maximum absolute atomic E-state index is 4.41. The molecule has 0 saturated carbocycles. The van der Waals surface area contributed by atoms with Crippen molar-refractivity contribution in [3.63, 3.8) is 0 Å². The fourth-order valence-electron chi connectivity index (χ4n) is 1.23. The molecule has 2 aliphatic heterocycles. The largest absolute Gasteiger partial charge is 0.265 e. The van der Waals surface area contributed by atoms with Gasteiger partial charge in [-0.25, -0.2) is 5.32 Å². The zero-order valence-corrected chi connectivity index (χ0v) is 5.70. The maximum atomic E-state index is 4.41. The van der Waals surface area contributed by atoms with Gasteiger partial charge in [0.15, 0.2) is 0 Å². The van der Waals surface area contributed by atoms with Gasteiger partial charge in [0.05, 0.1) is 6.04 Å². The van der Waals surface area contributed by atoms with E-state index in [0.717, 1.165) is 13.0 Å². The van der Waals surface area contributed by atoms with E-state index in [1.807, 2.05) is 18.5 Å². The second-order valence-corrected chi connectivity index (χ2v) is 2.46. The summed E-state index contributed by atoms with van der Waals surface area (Å²) in [6, 6.07) is 0.311. The van der Waals surface area contributed by atoms with Crippen molar-refractivity contribution >= 4 is 6.21 Å². The molecule has 2 nitrogen and oxygen atoms in total. The molecule has 2 heteroatoms. The van der Waals surface area contributed by atoms with E-state index >= 15 is 0 Å². The molecule has 2 aliphatic rings. The monoisotopic (exact) mass is 133 g/mol. The van der Waals surface area contributed by atoms with Crippen molar-refractivity contribution in [1.82, 2.24) is 5.32 Å². The van der Waals surface area contributed by atoms with E-state index in [2.05, 4.69) is 16.4 Å². The Morgan fingerprint density at radius 2 is 2.50 bits per heavy atom. The SMILES string of the molecule is C1=CC2[N]CCC=C2C=N1. The molecule has 0 bridgehead atoms. The second kappa shape index (κ2) is 2.39. The molecule has 2 rings (SSSR count). The van der Waals surface area contributed by atoms with Crippen LogP contribution in [0.25, 0.3) is 0 Å². The van der Waals surface area contributed by atoms with Crippen molar-refractivity contribution in [3.05, 3.63) is 23.9 Å². The van der Waals surface area contributed by atoms with Gasteiger partial charge < -0.3 is 0 Å². The van der Waals surface area contributed by atoms with Gasteiger partial charge in [-0.2, -0.15) is 0 Å². The Morgan fingerprint density at radius 1 is 1.50 bits per heavy atom. The van der Waals surface area contributed by atoms with Gasteiger partial charge in [-0.15, -0.1) is 0 Å². The fraction of sp³-hybridized carbons (Fsp3) is 0.375. The molecular formula is C8H9N2. The van der Waals surface area contributed by atoms with Crippen molar-refractivity contribution in [2.45, 2.75) is 12.5 Å². The van der Waals surface area contributed by atoms with Crippen molar-refractivity contribution in [2.75, 3.05) is 6.54 Å². The Labute approximate surface area is 60.3 Å². The Balaban J connectivity index is 2.27. The van der Waals surface area contributed by atoms with E-state index < -0.39 is 0 Å². The predicted molar refractivity (Wildman–Crippen MR) is 41.1 cm³/mol. The average molecular weight is 133 g/mol. The van der Waals surface area contributed by atoms with Gasteiger partial charge in [-0.1, -0.05) is 6.08 Å². The molecule has 1 unspecified atom stereocenters. The molecule has 0 aromatic heterocycles. The van der Waals surface area contributed by atoms with E-state index in [9.17, 15) is 0 Å². The van der Waals surface area contributed by atoms with Crippen LogP contribution in [-0.4, -0.2) is 18.8 Å². The van der Waals surface area contributed by atoms with E-state index in [0.29, 0.717) is 6.04 Å². The van der Waals surface area contributed by atoms with E-state index in [4.69, 9.17) is 0 Å². The van der Waals surface area contributed by atoms with Crippen molar-refractivity contribution < 1.29 is 0 Å². The summed E-state index contributed by atoms with van der Waals surface area (Å²) in [5, 5.41) is 4.41. The Bertz CT molecular complexity index is 213. The number of hydrogen-bond acceptors (Lipinski definition) is 1. The van der Waals surface area contributed by atoms with Gasteiger partial charge in [0, 0.05) is 19.0 Å². The number of rotatable bonds is 0. The van der Waals surface area contributed by atoms with Gasteiger partial charge in [0.2, 0.25) is 0 Å². The van der Waals surface area contributed by atoms with Gasteiger partial charge >= 0.3 is 0 Å². The number of nitrogens with zero attached hydrogens (tertiary/aromatic N) is 2. The first kappa shape index (κ1) is 5.86. The highest BCUT2D eigenvalue weighted by Gasteiger charge is 2.14. The highest BCUT2D eigenvalue weighted by atomic mass is 14.9. The van der Waals surface area contributed by atoms with Gasteiger partial charge in [0.1, 0.15) is 0 Å². The lowest BCUT2D eigenvalue weighted by molar-refractivity contribution is 0.623. The Kier molecular flexibility index (Phi) is 1.40. The molecule has 0 amide bonds. The quantitative estimate of drug-likeness (QED) is 0.469. The topological polar surface area (TPSA) is 26.5 Å². The molecular weight excluding hydrogens is 124 g/mol. The summed E-state index contributed by atoms with van der Waals surface area (Å²) in [6.07, 6.45) is 9.03. The third-order valence-corrected chi connectivity index (χ3v) is 1.75. The van der Waals surface area contributed by atoms with Gasteiger partial charge in [-0.3, -0.25) is 4.99 Å². The number of fused-ring (bicyclic) bond motifs is 1. The van der Waals surface area contributed by atoms with E-state index in [1.54, 1.807) is 0 Å².